The summed E-state index contributed by atoms with van der Waals surface area (Å²) in [5.41, 5.74) is 3.96. The van der Waals surface area contributed by atoms with Crippen LogP contribution in [-0.2, 0) is 16.1 Å². The van der Waals surface area contributed by atoms with Crippen LogP contribution in [0.3, 0.4) is 0 Å². The third-order valence-corrected chi connectivity index (χ3v) is 6.25. The molecular weight excluding hydrogens is 450 g/mol. The van der Waals surface area contributed by atoms with E-state index in [0.29, 0.717) is 35.4 Å². The standard InChI is InChI=1S/C25H27N5O5/c1-3-15-4-5-17(21(31)29-26)11-16(10-15)8-9-25(23(33)27-24(34)28-25)14-30-13-18-6-7-19(35-2)12-20(18)22(30)32/h5-7,10-12,22,32H,3-4,13-14,26H2,1-2H3,(H,29,31)(H2,27,28,33,34). The predicted molar refractivity (Wildman–Crippen MR) is 127 cm³/mol. The molecule has 2 heterocycles. The van der Waals surface area contributed by atoms with E-state index in [0.717, 1.165) is 17.6 Å². The molecule has 0 bridgehead atoms. The summed E-state index contributed by atoms with van der Waals surface area (Å²) in [5, 5.41) is 15.8. The van der Waals surface area contributed by atoms with Gasteiger partial charge in [-0.05, 0) is 42.7 Å². The molecule has 0 spiro atoms. The monoisotopic (exact) mass is 477 g/mol. The van der Waals surface area contributed by atoms with Gasteiger partial charge in [-0.15, -0.1) is 0 Å². The van der Waals surface area contributed by atoms with Gasteiger partial charge in [0.25, 0.3) is 11.8 Å². The van der Waals surface area contributed by atoms with Crippen LogP contribution >= 0.6 is 0 Å². The quantitative estimate of drug-likeness (QED) is 0.138. The highest BCUT2D eigenvalue weighted by Crippen LogP contribution is 2.35. The van der Waals surface area contributed by atoms with Crippen molar-refractivity contribution >= 4 is 17.8 Å². The number of benzene rings is 1. The number of rotatable bonds is 5. The van der Waals surface area contributed by atoms with Crippen LogP contribution in [0.1, 0.15) is 37.1 Å². The Bertz CT molecular complexity index is 1240. The molecular formula is C25H27N5O5. The van der Waals surface area contributed by atoms with Gasteiger partial charge in [0, 0.05) is 29.8 Å². The topological polar surface area (TPSA) is 146 Å². The van der Waals surface area contributed by atoms with E-state index in [1.165, 1.54) is 0 Å². The summed E-state index contributed by atoms with van der Waals surface area (Å²) in [7, 11) is 1.54. The summed E-state index contributed by atoms with van der Waals surface area (Å²) in [5.74, 6) is 10.7. The fourth-order valence-corrected chi connectivity index (χ4v) is 4.29. The number of nitrogens with one attached hydrogen (secondary N) is 3. The number of methoxy groups -OCH3 is 1. The smallest absolute Gasteiger partial charge is 0.323 e. The van der Waals surface area contributed by atoms with E-state index in [1.54, 1.807) is 36.3 Å². The minimum atomic E-state index is -1.60. The van der Waals surface area contributed by atoms with Crippen LogP contribution in [0.2, 0.25) is 0 Å². The van der Waals surface area contributed by atoms with Crippen molar-refractivity contribution in [1.82, 2.24) is 21.0 Å². The molecule has 0 aromatic heterocycles. The zero-order valence-corrected chi connectivity index (χ0v) is 19.5. The van der Waals surface area contributed by atoms with Crippen molar-refractivity contribution in [1.29, 1.82) is 0 Å². The number of imide groups is 1. The number of urea groups is 1. The number of hydrazine groups is 1. The van der Waals surface area contributed by atoms with Crippen LogP contribution in [-0.4, -0.2) is 47.0 Å². The van der Waals surface area contributed by atoms with Gasteiger partial charge >= 0.3 is 6.03 Å². The molecule has 35 heavy (non-hydrogen) atoms. The third-order valence-electron chi connectivity index (χ3n) is 6.25. The number of ether oxygens (including phenoxy) is 1. The number of amides is 4. The lowest BCUT2D eigenvalue weighted by atomic mass is 9.98. The van der Waals surface area contributed by atoms with Crippen LogP contribution < -0.4 is 26.6 Å². The van der Waals surface area contributed by atoms with E-state index >= 15 is 0 Å². The normalized spacial score (nSPS) is 23.5. The molecule has 2 aliphatic heterocycles. The summed E-state index contributed by atoms with van der Waals surface area (Å²) in [6.45, 7) is 2.30. The predicted octanol–water partition coefficient (Wildman–Crippen LogP) is 0.666. The summed E-state index contributed by atoms with van der Waals surface area (Å²) in [6, 6.07) is 4.73. The Balaban J connectivity index is 1.67. The lowest BCUT2D eigenvalue weighted by Gasteiger charge is -2.28. The SMILES string of the molecule is CCC1=CC(C#CC2(CN3Cc4ccc(OC)cc4C3O)NC(=O)NC2=O)=CC(C(=O)NN)=CC1. The first kappa shape index (κ1) is 24.2. The number of aliphatic hydroxyl groups is 1. The van der Waals surface area contributed by atoms with Gasteiger partial charge in [-0.2, -0.15) is 0 Å². The second kappa shape index (κ2) is 9.76. The number of allylic oxidation sites excluding steroid dienone is 4. The molecule has 1 saturated heterocycles. The summed E-state index contributed by atoms with van der Waals surface area (Å²) in [4.78, 5) is 38.8. The Morgan fingerprint density at radius 2 is 2.17 bits per heavy atom. The Morgan fingerprint density at radius 1 is 1.37 bits per heavy atom. The van der Waals surface area contributed by atoms with Gasteiger partial charge in [0.15, 0.2) is 5.54 Å². The first-order chi connectivity index (χ1) is 16.8. The van der Waals surface area contributed by atoms with E-state index in [4.69, 9.17) is 10.6 Å². The van der Waals surface area contributed by atoms with E-state index in [-0.39, 0.29) is 6.54 Å². The van der Waals surface area contributed by atoms with E-state index in [1.807, 2.05) is 19.1 Å². The lowest BCUT2D eigenvalue weighted by molar-refractivity contribution is -0.123. The van der Waals surface area contributed by atoms with Crippen molar-refractivity contribution in [3.05, 3.63) is 64.3 Å². The molecule has 10 heteroatoms. The van der Waals surface area contributed by atoms with Gasteiger partial charge in [0.2, 0.25) is 0 Å². The van der Waals surface area contributed by atoms with Gasteiger partial charge in [-0.3, -0.25) is 25.2 Å². The van der Waals surface area contributed by atoms with Gasteiger partial charge < -0.3 is 15.2 Å². The second-order valence-electron chi connectivity index (χ2n) is 8.50. The highest BCUT2D eigenvalue weighted by molar-refractivity contribution is 6.09. The molecule has 0 radical (unpaired) electrons. The molecule has 1 aromatic carbocycles. The van der Waals surface area contributed by atoms with Crippen LogP contribution in [0, 0.1) is 11.8 Å². The molecule has 4 rings (SSSR count). The van der Waals surface area contributed by atoms with Crippen LogP contribution in [0.15, 0.2) is 53.1 Å². The molecule has 0 saturated carbocycles. The molecule has 1 fully saturated rings. The highest BCUT2D eigenvalue weighted by Gasteiger charge is 2.48. The fourth-order valence-electron chi connectivity index (χ4n) is 4.29. The first-order valence-corrected chi connectivity index (χ1v) is 11.2. The molecule has 6 N–H and O–H groups in total. The summed E-state index contributed by atoms with van der Waals surface area (Å²) < 4.78 is 5.25. The molecule has 182 valence electrons. The number of carbonyl (C=O) groups excluding carboxylic acids is 3. The van der Waals surface area contributed by atoms with Crippen molar-refractivity contribution in [3.8, 4) is 17.6 Å². The number of hydrogen-bond donors (Lipinski definition) is 5. The maximum atomic E-state index is 12.9. The van der Waals surface area contributed by atoms with Crippen molar-refractivity contribution in [2.24, 2.45) is 5.84 Å². The maximum Gasteiger partial charge on any atom is 0.323 e. The van der Waals surface area contributed by atoms with E-state index in [9.17, 15) is 19.5 Å². The van der Waals surface area contributed by atoms with Crippen LogP contribution in [0.5, 0.6) is 5.75 Å². The van der Waals surface area contributed by atoms with Crippen molar-refractivity contribution in [2.45, 2.75) is 38.1 Å². The molecule has 1 aliphatic carbocycles. The highest BCUT2D eigenvalue weighted by atomic mass is 16.5. The second-order valence-corrected chi connectivity index (χ2v) is 8.50. The Hall–Kier alpha value is -3.91. The van der Waals surface area contributed by atoms with Crippen molar-refractivity contribution in [3.63, 3.8) is 0 Å². The average Bonchev–Trinajstić information content (AvgIpc) is 3.20. The van der Waals surface area contributed by atoms with Crippen molar-refractivity contribution in [2.75, 3.05) is 13.7 Å². The largest absolute Gasteiger partial charge is 0.497 e. The molecule has 2 atom stereocenters. The van der Waals surface area contributed by atoms with Crippen LogP contribution in [0.4, 0.5) is 4.79 Å². The van der Waals surface area contributed by atoms with Crippen molar-refractivity contribution < 1.29 is 24.2 Å². The third kappa shape index (κ3) is 4.83. The summed E-state index contributed by atoms with van der Waals surface area (Å²) >= 11 is 0. The van der Waals surface area contributed by atoms with E-state index < -0.39 is 29.6 Å². The minimum Gasteiger partial charge on any atom is -0.497 e. The van der Waals surface area contributed by atoms with Gasteiger partial charge in [-0.1, -0.05) is 36.5 Å². The number of nitrogens with zero attached hydrogens (tertiary/aromatic N) is 1. The Labute approximate surface area is 202 Å². The molecule has 4 amide bonds. The van der Waals surface area contributed by atoms with Crippen LogP contribution in [0.25, 0.3) is 0 Å². The zero-order valence-electron chi connectivity index (χ0n) is 19.5. The average molecular weight is 478 g/mol. The van der Waals surface area contributed by atoms with Gasteiger partial charge in [0.05, 0.1) is 7.11 Å². The molecule has 1 aromatic rings. The zero-order chi connectivity index (χ0) is 25.2. The molecule has 10 nitrogen and oxygen atoms in total. The Morgan fingerprint density at radius 3 is 2.83 bits per heavy atom. The van der Waals surface area contributed by atoms with Gasteiger partial charge in [0.1, 0.15) is 12.0 Å². The number of carbonyl (C=O) groups is 3. The minimum absolute atomic E-state index is 0.0562. The lowest BCUT2D eigenvalue weighted by Crippen LogP contribution is -2.54. The summed E-state index contributed by atoms with van der Waals surface area (Å²) in [6.07, 6.45) is 5.51. The maximum absolute atomic E-state index is 12.9. The first-order valence-electron chi connectivity index (χ1n) is 11.2. The Kier molecular flexibility index (Phi) is 6.75. The fraction of sp³-hybridized carbons (Fsp3) is 0.320. The number of fused-ring (bicyclic) bond motifs is 1. The molecule has 3 aliphatic rings. The number of aliphatic hydroxyl groups excluding tert-OH is 1. The van der Waals surface area contributed by atoms with E-state index in [2.05, 4.69) is 27.9 Å². The number of nitrogens with two attached hydrogens (primary N) is 1. The van der Waals surface area contributed by atoms with Gasteiger partial charge in [-0.25, -0.2) is 10.6 Å². The number of hydrogen-bond acceptors (Lipinski definition) is 7. The molecule has 2 unspecified atom stereocenters.